The first-order valence-corrected chi connectivity index (χ1v) is 6.59. The van der Waals surface area contributed by atoms with Gasteiger partial charge in [-0.15, -0.1) is 0 Å². The fourth-order valence-corrected chi connectivity index (χ4v) is 2.07. The second-order valence-electron chi connectivity index (χ2n) is 4.68. The van der Waals surface area contributed by atoms with Crippen molar-refractivity contribution in [2.24, 2.45) is 0 Å². The number of nitrogens with one attached hydrogen (secondary N) is 2. The Kier molecular flexibility index (Phi) is 5.31. The molecule has 0 spiro atoms. The molecule has 20 heavy (non-hydrogen) atoms. The van der Waals surface area contributed by atoms with Gasteiger partial charge in [0.2, 0.25) is 5.91 Å². The Bertz CT molecular complexity index is 462. The lowest BCUT2D eigenvalue weighted by molar-refractivity contribution is -0.122. The predicted octanol–water partition coefficient (Wildman–Crippen LogP) is 0.829. The molecule has 0 saturated carbocycles. The Labute approximate surface area is 117 Å². The van der Waals surface area contributed by atoms with Crippen LogP contribution in [0.4, 0.5) is 4.39 Å². The van der Waals surface area contributed by atoms with E-state index in [1.165, 1.54) is 13.2 Å². The first kappa shape index (κ1) is 14.7. The average molecular weight is 282 g/mol. The van der Waals surface area contributed by atoms with E-state index < -0.39 is 5.82 Å². The summed E-state index contributed by atoms with van der Waals surface area (Å²) in [5.74, 6) is -0.311. The van der Waals surface area contributed by atoms with Crippen molar-refractivity contribution in [1.82, 2.24) is 10.6 Å². The van der Waals surface area contributed by atoms with Gasteiger partial charge in [0, 0.05) is 25.6 Å². The molecule has 5 nitrogen and oxygen atoms in total. The minimum absolute atomic E-state index is 0.0522. The largest absolute Gasteiger partial charge is 0.494 e. The van der Waals surface area contributed by atoms with Crippen LogP contribution >= 0.6 is 0 Å². The Morgan fingerprint density at radius 1 is 1.60 bits per heavy atom. The minimum Gasteiger partial charge on any atom is -0.494 e. The topological polar surface area (TPSA) is 59.6 Å². The van der Waals surface area contributed by atoms with Gasteiger partial charge in [-0.1, -0.05) is 6.07 Å². The van der Waals surface area contributed by atoms with Gasteiger partial charge in [-0.2, -0.15) is 0 Å². The zero-order valence-electron chi connectivity index (χ0n) is 11.4. The van der Waals surface area contributed by atoms with E-state index in [1.54, 1.807) is 12.1 Å². The summed E-state index contributed by atoms with van der Waals surface area (Å²) in [6, 6.07) is 4.69. The monoisotopic (exact) mass is 282 g/mol. The maximum Gasteiger partial charge on any atom is 0.221 e. The molecule has 2 N–H and O–H groups in total. The van der Waals surface area contributed by atoms with Gasteiger partial charge in [0.1, 0.15) is 0 Å². The molecule has 2 rings (SSSR count). The molecular weight excluding hydrogens is 263 g/mol. The molecule has 6 heteroatoms. The third-order valence-corrected chi connectivity index (χ3v) is 3.14. The minimum atomic E-state index is -0.429. The molecule has 0 aliphatic carbocycles. The van der Waals surface area contributed by atoms with Gasteiger partial charge >= 0.3 is 0 Å². The van der Waals surface area contributed by atoms with Crippen molar-refractivity contribution in [3.05, 3.63) is 29.6 Å². The Morgan fingerprint density at radius 3 is 3.10 bits per heavy atom. The number of carbonyl (C=O) groups is 1. The Hall–Kier alpha value is -1.66. The summed E-state index contributed by atoms with van der Waals surface area (Å²) in [6.07, 6.45) is 0.360. The lowest BCUT2D eigenvalue weighted by Gasteiger charge is -2.23. The second-order valence-corrected chi connectivity index (χ2v) is 4.68. The molecule has 0 radical (unpaired) electrons. The normalized spacial score (nSPS) is 18.6. The lowest BCUT2D eigenvalue weighted by atomic mass is 10.1. The van der Waals surface area contributed by atoms with Gasteiger partial charge < -0.3 is 20.1 Å². The lowest BCUT2D eigenvalue weighted by Crippen LogP contribution is -2.44. The summed E-state index contributed by atoms with van der Waals surface area (Å²) in [4.78, 5) is 11.8. The molecular formula is C14H19FN2O3. The van der Waals surface area contributed by atoms with Gasteiger partial charge in [-0.25, -0.2) is 4.39 Å². The number of ether oxygens (including phenoxy) is 2. The molecule has 1 heterocycles. The molecule has 1 unspecified atom stereocenters. The fourth-order valence-electron chi connectivity index (χ4n) is 2.07. The van der Waals surface area contributed by atoms with Crippen LogP contribution in [-0.4, -0.2) is 38.8 Å². The maximum absolute atomic E-state index is 13.5. The van der Waals surface area contributed by atoms with E-state index in [4.69, 9.17) is 9.47 Å². The van der Waals surface area contributed by atoms with Gasteiger partial charge in [0.05, 0.1) is 20.3 Å². The molecule has 1 saturated heterocycles. The highest BCUT2D eigenvalue weighted by atomic mass is 19.1. The van der Waals surface area contributed by atoms with Gasteiger partial charge in [0.25, 0.3) is 0 Å². The highest BCUT2D eigenvalue weighted by molar-refractivity contribution is 5.76. The van der Waals surface area contributed by atoms with Crippen LogP contribution in [0.15, 0.2) is 18.2 Å². The third-order valence-electron chi connectivity index (χ3n) is 3.14. The van der Waals surface area contributed by atoms with Crippen molar-refractivity contribution in [3.8, 4) is 5.75 Å². The molecule has 1 atom stereocenters. The highest BCUT2D eigenvalue weighted by Gasteiger charge is 2.16. The Balaban J connectivity index is 1.79. The first-order chi connectivity index (χ1) is 9.69. The zero-order chi connectivity index (χ0) is 14.4. The van der Waals surface area contributed by atoms with Crippen molar-refractivity contribution < 1.29 is 18.7 Å². The van der Waals surface area contributed by atoms with Crippen LogP contribution in [0.1, 0.15) is 12.0 Å². The van der Waals surface area contributed by atoms with Crippen LogP contribution in [0.5, 0.6) is 5.75 Å². The SMILES string of the molecule is COc1ccc(CNC(=O)CC2COCCN2)cc1F. The van der Waals surface area contributed by atoms with Crippen LogP contribution < -0.4 is 15.4 Å². The summed E-state index contributed by atoms with van der Waals surface area (Å²) in [7, 11) is 1.42. The van der Waals surface area contributed by atoms with E-state index in [1.807, 2.05) is 0 Å². The predicted molar refractivity (Wildman–Crippen MR) is 72.0 cm³/mol. The van der Waals surface area contributed by atoms with Crippen LogP contribution in [0, 0.1) is 5.82 Å². The molecule has 1 amide bonds. The van der Waals surface area contributed by atoms with Crippen molar-refractivity contribution in [1.29, 1.82) is 0 Å². The molecule has 1 aromatic carbocycles. The van der Waals surface area contributed by atoms with Crippen molar-refractivity contribution in [2.75, 3.05) is 26.9 Å². The number of amides is 1. The number of hydrogen-bond donors (Lipinski definition) is 2. The number of halogens is 1. The van der Waals surface area contributed by atoms with Crippen molar-refractivity contribution in [3.63, 3.8) is 0 Å². The molecule has 1 aromatic rings. The summed E-state index contributed by atoms with van der Waals surface area (Å²) >= 11 is 0. The van der Waals surface area contributed by atoms with Crippen molar-refractivity contribution in [2.45, 2.75) is 19.0 Å². The van der Waals surface area contributed by atoms with Crippen LogP contribution in [-0.2, 0) is 16.1 Å². The van der Waals surface area contributed by atoms with Crippen LogP contribution in [0.3, 0.4) is 0 Å². The summed E-state index contributed by atoms with van der Waals surface area (Å²) < 4.78 is 23.6. The van der Waals surface area contributed by atoms with Gasteiger partial charge in [-0.3, -0.25) is 4.79 Å². The first-order valence-electron chi connectivity index (χ1n) is 6.59. The van der Waals surface area contributed by atoms with E-state index in [-0.39, 0.29) is 17.7 Å². The van der Waals surface area contributed by atoms with E-state index >= 15 is 0 Å². The molecule has 1 aliphatic rings. The van der Waals surface area contributed by atoms with Gasteiger partial charge in [-0.05, 0) is 17.7 Å². The molecule has 0 bridgehead atoms. The number of morpholine rings is 1. The highest BCUT2D eigenvalue weighted by Crippen LogP contribution is 2.17. The molecule has 0 aromatic heterocycles. The van der Waals surface area contributed by atoms with Crippen LogP contribution in [0.2, 0.25) is 0 Å². The smallest absolute Gasteiger partial charge is 0.221 e. The second kappa shape index (κ2) is 7.21. The van der Waals surface area contributed by atoms with E-state index in [0.29, 0.717) is 31.7 Å². The maximum atomic E-state index is 13.5. The summed E-state index contributed by atoms with van der Waals surface area (Å²) in [6.45, 7) is 2.29. The third kappa shape index (κ3) is 4.18. The zero-order valence-corrected chi connectivity index (χ0v) is 11.4. The van der Waals surface area contributed by atoms with E-state index in [0.717, 1.165) is 6.54 Å². The summed E-state index contributed by atoms with van der Waals surface area (Å²) in [5, 5.41) is 5.98. The standard InChI is InChI=1S/C14H19FN2O3/c1-19-13-3-2-10(6-12(13)15)8-17-14(18)7-11-9-20-5-4-16-11/h2-3,6,11,16H,4-5,7-9H2,1H3,(H,17,18). The van der Waals surface area contributed by atoms with E-state index in [9.17, 15) is 9.18 Å². The molecule has 110 valence electrons. The van der Waals surface area contributed by atoms with Crippen molar-refractivity contribution >= 4 is 5.91 Å². The average Bonchev–Trinajstić information content (AvgIpc) is 2.46. The molecule has 1 fully saturated rings. The summed E-state index contributed by atoms with van der Waals surface area (Å²) in [5.41, 5.74) is 0.699. The van der Waals surface area contributed by atoms with E-state index in [2.05, 4.69) is 10.6 Å². The number of methoxy groups -OCH3 is 1. The number of rotatable bonds is 5. The number of hydrogen-bond acceptors (Lipinski definition) is 4. The Morgan fingerprint density at radius 2 is 2.45 bits per heavy atom. The number of carbonyl (C=O) groups excluding carboxylic acids is 1. The number of benzene rings is 1. The van der Waals surface area contributed by atoms with Crippen LogP contribution in [0.25, 0.3) is 0 Å². The van der Waals surface area contributed by atoms with Gasteiger partial charge in [0.15, 0.2) is 11.6 Å². The quantitative estimate of drug-likeness (QED) is 0.840. The fraction of sp³-hybridized carbons (Fsp3) is 0.500. The molecule has 1 aliphatic heterocycles.